The predicted octanol–water partition coefficient (Wildman–Crippen LogP) is 3.47. The third-order valence-electron chi connectivity index (χ3n) is 4.53. The summed E-state index contributed by atoms with van der Waals surface area (Å²) in [5, 5.41) is 0. The van der Waals surface area contributed by atoms with Gasteiger partial charge >= 0.3 is 0 Å². The van der Waals surface area contributed by atoms with Crippen LogP contribution >= 0.6 is 0 Å². The van der Waals surface area contributed by atoms with Gasteiger partial charge in [-0.05, 0) is 42.4 Å². The SMILES string of the molecule is CC[C@@H]1CC[C@@H]2C[C@H]1C2(C)C. The normalized spacial score (nSPS) is 46.6. The zero-order valence-electron chi connectivity index (χ0n) is 8.06. The summed E-state index contributed by atoms with van der Waals surface area (Å²) in [5.41, 5.74) is 0.707. The van der Waals surface area contributed by atoms with Crippen molar-refractivity contribution in [3.05, 3.63) is 0 Å². The molecule has 3 fully saturated rings. The first-order valence-electron chi connectivity index (χ1n) is 5.16. The lowest BCUT2D eigenvalue weighted by atomic mass is 9.45. The van der Waals surface area contributed by atoms with Crippen LogP contribution < -0.4 is 0 Å². The predicted molar refractivity (Wildman–Crippen MR) is 48.4 cm³/mol. The van der Waals surface area contributed by atoms with Crippen molar-refractivity contribution in [1.29, 1.82) is 0 Å². The molecule has 3 saturated carbocycles. The Labute approximate surface area is 70.4 Å². The molecule has 0 unspecified atom stereocenters. The fourth-order valence-electron chi connectivity index (χ4n) is 3.45. The molecule has 3 aliphatic rings. The number of fused-ring (bicyclic) bond motifs is 2. The van der Waals surface area contributed by atoms with Crippen molar-refractivity contribution in [1.82, 2.24) is 0 Å². The van der Waals surface area contributed by atoms with Crippen LogP contribution in [0.4, 0.5) is 0 Å². The van der Waals surface area contributed by atoms with E-state index in [1.165, 1.54) is 19.3 Å². The third kappa shape index (κ3) is 0.878. The van der Waals surface area contributed by atoms with Crippen molar-refractivity contribution in [2.45, 2.75) is 46.5 Å². The van der Waals surface area contributed by atoms with Crippen LogP contribution in [0.5, 0.6) is 0 Å². The van der Waals surface area contributed by atoms with Crippen molar-refractivity contribution < 1.29 is 0 Å². The van der Waals surface area contributed by atoms with Crippen molar-refractivity contribution >= 4 is 0 Å². The van der Waals surface area contributed by atoms with E-state index in [1.807, 2.05) is 0 Å². The average molecular weight is 152 g/mol. The zero-order chi connectivity index (χ0) is 8.06. The molecule has 0 radical (unpaired) electrons. The van der Waals surface area contributed by atoms with Crippen LogP contribution in [0.1, 0.15) is 46.5 Å². The summed E-state index contributed by atoms with van der Waals surface area (Å²) < 4.78 is 0. The zero-order valence-corrected chi connectivity index (χ0v) is 8.06. The highest BCUT2D eigenvalue weighted by Gasteiger charge is 2.53. The van der Waals surface area contributed by atoms with Gasteiger partial charge in [-0.1, -0.05) is 27.2 Å². The lowest BCUT2D eigenvalue weighted by Crippen LogP contribution is -2.52. The summed E-state index contributed by atoms with van der Waals surface area (Å²) in [5.74, 6) is 3.22. The second-order valence-electron chi connectivity index (χ2n) is 5.11. The largest absolute Gasteiger partial charge is 0.0651 e. The van der Waals surface area contributed by atoms with Crippen molar-refractivity contribution in [3.63, 3.8) is 0 Å². The number of hydrogen-bond acceptors (Lipinski definition) is 0. The Kier molecular flexibility index (Phi) is 1.56. The molecule has 0 aromatic rings. The van der Waals surface area contributed by atoms with Crippen LogP contribution in [0.2, 0.25) is 0 Å². The fourth-order valence-corrected chi connectivity index (χ4v) is 3.45. The minimum atomic E-state index is 0.707. The molecule has 0 heteroatoms. The summed E-state index contributed by atoms with van der Waals surface area (Å²) in [6.07, 6.45) is 6.00. The Hall–Kier alpha value is 0. The molecule has 0 heterocycles. The summed E-state index contributed by atoms with van der Waals surface area (Å²) in [6, 6.07) is 0. The van der Waals surface area contributed by atoms with Gasteiger partial charge in [0.05, 0.1) is 0 Å². The summed E-state index contributed by atoms with van der Waals surface area (Å²) in [4.78, 5) is 0. The molecule has 0 aromatic carbocycles. The van der Waals surface area contributed by atoms with Crippen LogP contribution in [-0.4, -0.2) is 0 Å². The van der Waals surface area contributed by atoms with E-state index in [4.69, 9.17) is 0 Å². The molecule has 0 aromatic heterocycles. The molecule has 0 spiro atoms. The van der Waals surface area contributed by atoms with Crippen LogP contribution in [0.15, 0.2) is 0 Å². The van der Waals surface area contributed by atoms with E-state index in [0.29, 0.717) is 5.41 Å². The van der Waals surface area contributed by atoms with Crippen molar-refractivity contribution in [2.24, 2.45) is 23.2 Å². The molecular weight excluding hydrogens is 132 g/mol. The number of hydrogen-bond donors (Lipinski definition) is 0. The molecule has 3 atom stereocenters. The maximum atomic E-state index is 2.48. The van der Waals surface area contributed by atoms with Crippen LogP contribution in [-0.2, 0) is 0 Å². The lowest BCUT2D eigenvalue weighted by Gasteiger charge is -2.60. The number of rotatable bonds is 1. The van der Waals surface area contributed by atoms with Crippen LogP contribution in [0.3, 0.4) is 0 Å². The molecule has 0 N–H and O–H groups in total. The lowest BCUT2D eigenvalue weighted by molar-refractivity contribution is -0.105. The highest BCUT2D eigenvalue weighted by Crippen LogP contribution is 2.61. The van der Waals surface area contributed by atoms with E-state index in [9.17, 15) is 0 Å². The monoisotopic (exact) mass is 152 g/mol. The Balaban J connectivity index is 2.10. The first-order chi connectivity index (χ1) is 5.16. The van der Waals surface area contributed by atoms with Gasteiger partial charge in [0.2, 0.25) is 0 Å². The summed E-state index contributed by atoms with van der Waals surface area (Å²) >= 11 is 0. The minimum Gasteiger partial charge on any atom is -0.0651 e. The maximum Gasteiger partial charge on any atom is -0.0295 e. The second-order valence-corrected chi connectivity index (χ2v) is 5.11. The molecule has 0 nitrogen and oxygen atoms in total. The minimum absolute atomic E-state index is 0.707. The summed E-state index contributed by atoms with van der Waals surface area (Å²) in [6.45, 7) is 7.32. The first-order valence-corrected chi connectivity index (χ1v) is 5.16. The molecule has 2 bridgehead atoms. The van der Waals surface area contributed by atoms with E-state index in [1.54, 1.807) is 6.42 Å². The standard InChI is InChI=1S/C11H20/c1-4-8-5-6-9-7-10(8)11(9,2)3/h8-10H,4-7H2,1-3H3/t8-,9-,10-/m1/s1. The van der Waals surface area contributed by atoms with Gasteiger partial charge in [0.25, 0.3) is 0 Å². The van der Waals surface area contributed by atoms with Gasteiger partial charge in [-0.15, -0.1) is 0 Å². The van der Waals surface area contributed by atoms with Crippen LogP contribution in [0, 0.1) is 23.2 Å². The van der Waals surface area contributed by atoms with Gasteiger partial charge in [0.1, 0.15) is 0 Å². The van der Waals surface area contributed by atoms with E-state index in [0.717, 1.165) is 17.8 Å². The second kappa shape index (κ2) is 2.24. The quantitative estimate of drug-likeness (QED) is 0.539. The molecular formula is C11H20. The van der Waals surface area contributed by atoms with E-state index in [2.05, 4.69) is 20.8 Å². The maximum absolute atomic E-state index is 2.48. The smallest absolute Gasteiger partial charge is 0.0295 e. The molecule has 0 amide bonds. The molecule has 11 heavy (non-hydrogen) atoms. The molecule has 3 aliphatic carbocycles. The van der Waals surface area contributed by atoms with Gasteiger partial charge in [-0.2, -0.15) is 0 Å². The first kappa shape index (κ1) is 7.64. The van der Waals surface area contributed by atoms with Gasteiger partial charge in [-0.25, -0.2) is 0 Å². The van der Waals surface area contributed by atoms with E-state index < -0.39 is 0 Å². The van der Waals surface area contributed by atoms with Crippen molar-refractivity contribution in [2.75, 3.05) is 0 Å². The highest BCUT2D eigenvalue weighted by atomic mass is 14.6. The average Bonchev–Trinajstić information content (AvgIpc) is 2.04. The molecule has 3 rings (SSSR count). The van der Waals surface area contributed by atoms with E-state index in [-0.39, 0.29) is 0 Å². The summed E-state index contributed by atoms with van der Waals surface area (Å²) in [7, 11) is 0. The van der Waals surface area contributed by atoms with E-state index >= 15 is 0 Å². The Morgan fingerprint density at radius 3 is 2.36 bits per heavy atom. The van der Waals surface area contributed by atoms with Gasteiger partial charge < -0.3 is 0 Å². The fraction of sp³-hybridized carbons (Fsp3) is 1.00. The van der Waals surface area contributed by atoms with Gasteiger partial charge in [0, 0.05) is 0 Å². The topological polar surface area (TPSA) is 0 Å². The Bertz CT molecular complexity index is 155. The van der Waals surface area contributed by atoms with Gasteiger partial charge in [-0.3, -0.25) is 0 Å². The van der Waals surface area contributed by atoms with Crippen molar-refractivity contribution in [3.8, 4) is 0 Å². The highest BCUT2D eigenvalue weighted by molar-refractivity contribution is 5.02. The van der Waals surface area contributed by atoms with Crippen LogP contribution in [0.25, 0.3) is 0 Å². The Morgan fingerprint density at radius 2 is 2.00 bits per heavy atom. The molecule has 0 saturated heterocycles. The molecule has 0 aliphatic heterocycles. The molecule has 64 valence electrons. The third-order valence-corrected chi connectivity index (χ3v) is 4.53. The van der Waals surface area contributed by atoms with Gasteiger partial charge in [0.15, 0.2) is 0 Å². The Morgan fingerprint density at radius 1 is 1.27 bits per heavy atom.